The van der Waals surface area contributed by atoms with Gasteiger partial charge in [-0.25, -0.2) is 14.5 Å². The predicted molar refractivity (Wildman–Crippen MR) is 128 cm³/mol. The second-order valence-electron chi connectivity index (χ2n) is 8.22. The number of phenols is 1. The van der Waals surface area contributed by atoms with Gasteiger partial charge in [0.25, 0.3) is 8.61 Å². The van der Waals surface area contributed by atoms with Gasteiger partial charge in [0.1, 0.15) is 11.3 Å². The van der Waals surface area contributed by atoms with Gasteiger partial charge in [-0.3, -0.25) is 0 Å². The van der Waals surface area contributed by atoms with Crippen molar-refractivity contribution in [3.05, 3.63) is 75.8 Å². The molecule has 0 saturated carbocycles. The molecule has 4 rings (SSSR count). The van der Waals surface area contributed by atoms with Crippen LogP contribution in [-0.4, -0.2) is 40.4 Å². The number of nitrogens with zero attached hydrogens (tertiary/aromatic N) is 3. The first-order valence-corrected chi connectivity index (χ1v) is 10.4. The van der Waals surface area contributed by atoms with E-state index in [4.69, 9.17) is 20.9 Å². The summed E-state index contributed by atoms with van der Waals surface area (Å²) in [5.41, 5.74) is 5.94. The number of aromatic hydroxyl groups is 1. The Hall–Kier alpha value is -4.13. The number of benzene rings is 3. The van der Waals surface area contributed by atoms with Crippen molar-refractivity contribution in [2.75, 3.05) is 0 Å². The molecule has 33 heavy (non-hydrogen) atoms. The van der Waals surface area contributed by atoms with Crippen LogP contribution in [0.15, 0.2) is 42.5 Å². The van der Waals surface area contributed by atoms with Crippen molar-refractivity contribution < 1.29 is 20.1 Å². The molecule has 3 aromatic carbocycles. The summed E-state index contributed by atoms with van der Waals surface area (Å²) in [7, 11) is 0. The van der Waals surface area contributed by atoms with Gasteiger partial charge in [-0.05, 0) is 86.7 Å². The SMILES string of the molecule is [2H]OC(=O)c1ccc(-n2nc(-c3c(C)cccc3O[2H])nc2-c2c([O+]([2H])[2H])cc(C)c(C)c2C)cc1C. The number of aryl methyl sites for hydroxylation is 3. The van der Waals surface area contributed by atoms with Crippen LogP contribution in [0.3, 0.4) is 0 Å². The third-order valence-electron chi connectivity index (χ3n) is 6.09. The summed E-state index contributed by atoms with van der Waals surface area (Å²) in [6, 6.07) is 11.9. The number of carbonyl (C=O) groups is 1. The van der Waals surface area contributed by atoms with Crippen LogP contribution in [-0.2, 0) is 0 Å². The molecule has 0 aliphatic rings. The first-order valence-electron chi connectivity index (χ1n) is 12.1. The van der Waals surface area contributed by atoms with Crippen LogP contribution in [0.5, 0.6) is 11.5 Å². The van der Waals surface area contributed by atoms with Gasteiger partial charge in [-0.15, -0.1) is 5.10 Å². The number of hydrogen-bond acceptors (Lipinski definition) is 5. The average Bonchev–Trinajstić information content (AvgIpc) is 3.30. The predicted octanol–water partition coefficient (Wildman–Crippen LogP) is 4.99. The fraction of sp³-hybridized carbons (Fsp3) is 0.192. The fourth-order valence-corrected chi connectivity index (χ4v) is 4.02. The second-order valence-corrected chi connectivity index (χ2v) is 8.22. The summed E-state index contributed by atoms with van der Waals surface area (Å²) in [4.78, 5) is 16.8. The number of phenolic OH excluding ortho intramolecular Hbond substituents is 1. The number of carboxylic acid groups (broad SMARTS) is 1. The normalized spacial score (nSPS) is 12.4. The number of aromatic nitrogens is 3. The van der Waals surface area contributed by atoms with E-state index < -0.39 is 5.97 Å². The van der Waals surface area contributed by atoms with Crippen molar-refractivity contribution in [1.82, 2.24) is 14.8 Å². The van der Waals surface area contributed by atoms with E-state index in [0.29, 0.717) is 28.2 Å². The average molecular weight is 449 g/mol. The van der Waals surface area contributed by atoms with Crippen LogP contribution in [0.2, 0.25) is 0 Å². The summed E-state index contributed by atoms with van der Waals surface area (Å²) in [5, 5.41) is 15.2. The summed E-state index contributed by atoms with van der Waals surface area (Å²) in [6.45, 7) is 9.35. The monoisotopic (exact) mass is 448 g/mol. The molecule has 168 valence electrons. The lowest BCUT2D eigenvalue weighted by molar-refractivity contribution is 0.0696. The molecule has 0 aliphatic heterocycles. The molecule has 4 aromatic rings. The van der Waals surface area contributed by atoms with Crippen molar-refractivity contribution in [2.24, 2.45) is 0 Å². The number of carboxylic acids is 1. The molecule has 1 aromatic heterocycles. The van der Waals surface area contributed by atoms with Crippen LogP contribution in [0.25, 0.3) is 29.9 Å². The van der Waals surface area contributed by atoms with Gasteiger partial charge in [0.15, 0.2) is 11.6 Å². The molecule has 0 bridgehead atoms. The van der Waals surface area contributed by atoms with Gasteiger partial charge in [-0.1, -0.05) is 12.1 Å². The molecule has 0 radical (unpaired) electrons. The summed E-state index contributed by atoms with van der Waals surface area (Å²) < 4.78 is 32.0. The molecule has 1 heterocycles. The lowest BCUT2D eigenvalue weighted by Gasteiger charge is -2.13. The second kappa shape index (κ2) is 8.09. The zero-order valence-electron chi connectivity index (χ0n) is 23.0. The highest BCUT2D eigenvalue weighted by Crippen LogP contribution is 2.38. The van der Waals surface area contributed by atoms with E-state index in [1.54, 1.807) is 48.0 Å². The highest BCUT2D eigenvalue weighted by atomic mass is 16.4. The summed E-state index contributed by atoms with van der Waals surface area (Å²) in [6.07, 6.45) is 0. The summed E-state index contributed by atoms with van der Waals surface area (Å²) >= 11 is 0. The van der Waals surface area contributed by atoms with E-state index in [-0.39, 0.29) is 22.9 Å². The molecule has 4 N–H and O–H groups in total. The van der Waals surface area contributed by atoms with E-state index in [1.807, 2.05) is 33.8 Å². The first kappa shape index (κ1) is 17.4. The molecule has 0 saturated heterocycles. The standard InChI is InChI=1S/C26H25N3O4/c1-13-7-6-8-20(30)22(13)24-27-25(23-17(5)16(4)14(2)12-21(23)31)29(28-24)18-9-10-19(26(32)33)15(3)11-18/h6-12,30-31H,1-5H3,(H,32,33)/p+1/i/hD4. The minimum Gasteiger partial charge on any atom is -0.593 e. The maximum Gasteiger partial charge on any atom is 0.555 e. The maximum atomic E-state index is 12.0. The van der Waals surface area contributed by atoms with Crippen LogP contribution in [0, 0.1) is 34.6 Å². The minimum absolute atomic E-state index is 0.242. The van der Waals surface area contributed by atoms with Crippen molar-refractivity contribution in [2.45, 2.75) is 34.6 Å². The van der Waals surface area contributed by atoms with Crippen molar-refractivity contribution >= 4 is 5.97 Å². The number of aromatic carboxylic acids is 1. The Bertz CT molecular complexity index is 1520. The van der Waals surface area contributed by atoms with Crippen LogP contribution < -0.4 is 0 Å². The van der Waals surface area contributed by atoms with Gasteiger partial charge in [-0.2, -0.15) is 0 Å². The Balaban J connectivity index is 2.08. The van der Waals surface area contributed by atoms with E-state index in [9.17, 15) is 4.79 Å². The lowest BCUT2D eigenvalue weighted by atomic mass is 9.97. The van der Waals surface area contributed by atoms with E-state index in [0.717, 1.165) is 22.3 Å². The van der Waals surface area contributed by atoms with Crippen molar-refractivity contribution in [3.8, 4) is 40.0 Å². The molecule has 0 atom stereocenters. The first-order chi connectivity index (χ1) is 17.6. The Morgan fingerprint density at radius 1 is 1.00 bits per heavy atom. The molecule has 7 heteroatoms. The van der Waals surface area contributed by atoms with Crippen LogP contribution in [0.4, 0.5) is 0 Å². The Morgan fingerprint density at radius 2 is 1.82 bits per heavy atom. The number of rotatable bonds is 6. The highest BCUT2D eigenvalue weighted by molar-refractivity contribution is 5.89. The smallest absolute Gasteiger partial charge is 0.555 e. The number of hydrogen-bond donors (Lipinski definition) is 2. The third kappa shape index (κ3) is 3.71. The van der Waals surface area contributed by atoms with Gasteiger partial charge in [0.05, 0.1) is 16.8 Å². The molecule has 0 spiro atoms. The molecule has 0 unspecified atom stereocenters. The Labute approximate surface area is 197 Å². The maximum absolute atomic E-state index is 12.0. The zero-order valence-corrected chi connectivity index (χ0v) is 19.0. The molecule has 0 aliphatic carbocycles. The minimum atomic E-state index is -0.775. The van der Waals surface area contributed by atoms with Crippen molar-refractivity contribution in [3.63, 3.8) is 0 Å². The molecule has 7 nitrogen and oxygen atoms in total. The van der Waals surface area contributed by atoms with E-state index in [2.05, 4.69) is 5.11 Å². The quantitative estimate of drug-likeness (QED) is 0.404. The lowest BCUT2D eigenvalue weighted by Crippen LogP contribution is -2.05. The fourth-order valence-electron chi connectivity index (χ4n) is 4.02. The highest BCUT2D eigenvalue weighted by Gasteiger charge is 2.25. The molecule has 0 amide bonds. The van der Waals surface area contributed by atoms with Gasteiger partial charge in [0.2, 0.25) is 0 Å². The molecule has 0 fully saturated rings. The van der Waals surface area contributed by atoms with Gasteiger partial charge >= 0.3 is 8.83 Å². The Morgan fingerprint density at radius 3 is 2.52 bits per heavy atom. The van der Waals surface area contributed by atoms with Crippen LogP contribution >= 0.6 is 0 Å². The Kier molecular flexibility index (Phi) is 4.27. The van der Waals surface area contributed by atoms with E-state index >= 15 is 0 Å². The zero-order chi connectivity index (χ0) is 27.0. The third-order valence-corrected chi connectivity index (χ3v) is 6.09. The van der Waals surface area contributed by atoms with Crippen molar-refractivity contribution in [1.29, 1.82) is 5.72 Å². The largest absolute Gasteiger partial charge is 0.593 e. The summed E-state index contributed by atoms with van der Waals surface area (Å²) in [5.74, 6) is 0.397. The van der Waals surface area contributed by atoms with Crippen LogP contribution in [0.1, 0.15) is 38.2 Å². The molecular weight excluding hydrogens is 418 g/mol. The van der Waals surface area contributed by atoms with Gasteiger partial charge < -0.3 is 15.3 Å². The molecular formula is C26H26N3O4+. The van der Waals surface area contributed by atoms with Gasteiger partial charge in [0, 0.05) is 6.07 Å². The van der Waals surface area contributed by atoms with E-state index in [1.165, 1.54) is 5.11 Å². The topological polar surface area (TPSA) is 111 Å².